The highest BCUT2D eigenvalue weighted by molar-refractivity contribution is 7.00. The minimum Gasteiger partial charge on any atom is -0.455 e. The van der Waals surface area contributed by atoms with Gasteiger partial charge in [-0.15, -0.1) is 0 Å². The van der Waals surface area contributed by atoms with Gasteiger partial charge in [-0.1, -0.05) is 400 Å². The van der Waals surface area contributed by atoms with Gasteiger partial charge in [-0.25, -0.2) is 0 Å². The van der Waals surface area contributed by atoms with Crippen LogP contribution in [0.5, 0.6) is 0 Å². The van der Waals surface area contributed by atoms with Crippen molar-refractivity contribution in [2.45, 2.75) is 189 Å². The lowest BCUT2D eigenvalue weighted by atomic mass is 9.33. The molecular formula is C125H118BN3O. The molecule has 3 aliphatic rings. The Labute approximate surface area is 770 Å². The number of hydrogen-bond donors (Lipinski definition) is 0. The second kappa shape index (κ2) is 29.9. The molecule has 2 aliphatic heterocycles. The van der Waals surface area contributed by atoms with Gasteiger partial charge in [-0.3, -0.25) is 0 Å². The molecule has 4 heterocycles. The number of aromatic nitrogens is 1. The van der Waals surface area contributed by atoms with Crippen molar-refractivity contribution in [3.05, 3.63) is 395 Å². The maximum atomic E-state index is 7.16. The zero-order valence-electron chi connectivity index (χ0n) is 79.6. The highest BCUT2D eigenvalue weighted by Gasteiger charge is 2.50. The molecule has 5 heteroatoms. The Balaban J connectivity index is 0.945. The number of fused-ring (bicyclic) bond motifs is 13. The fourth-order valence-corrected chi connectivity index (χ4v) is 21.5. The van der Waals surface area contributed by atoms with Crippen LogP contribution in [0.3, 0.4) is 0 Å². The fraction of sp³-hybridized carbons (Fsp3) is 0.232. The molecule has 642 valence electrons. The standard InChI is InChI=1S/C125H118BN3O/c1-118(2,3)82-56-47-77(48-57-82)97-68-88(122(13,14)15)69-98(78-49-58-83(59-50-78)119(4,5)6)115(97)128-108-66-55-81(92-42-34-43-96-95-41-30-33-46-113(95)130-117(92)96)67-106(108)126-105-65-64-91(127-107-45-32-29-40-94(107)102-75-101-93-39-28-31-44-103(93)125(104(101)76-109(102)127,86-35-24-22-25-36-86)87-37-26-23-27-38-87)74-110(105)129(112-73-90(124(19,20)21)72-111(128)114(112)126)116-99(79-51-60-84(61-52-79)120(7,8)9)70-89(123(16,17)18)71-100(116)80-53-62-85(63-54-80)121(10,11)12/h22-76H,1-21H3. The molecule has 4 nitrogen and oxygen atoms in total. The van der Waals surface area contributed by atoms with Gasteiger partial charge in [0, 0.05) is 77.8 Å². The first-order valence-corrected chi connectivity index (χ1v) is 47.0. The van der Waals surface area contributed by atoms with Crippen LogP contribution in [0.1, 0.15) is 207 Å². The molecule has 18 aromatic rings. The Morgan fingerprint density at radius 1 is 0.246 bits per heavy atom. The van der Waals surface area contributed by atoms with E-state index in [4.69, 9.17) is 4.42 Å². The highest BCUT2D eigenvalue weighted by Crippen LogP contribution is 2.60. The highest BCUT2D eigenvalue weighted by atomic mass is 16.3. The second-order valence-corrected chi connectivity index (χ2v) is 44.5. The van der Waals surface area contributed by atoms with E-state index in [2.05, 4.69) is 493 Å². The minimum atomic E-state index is -0.647. The molecule has 16 aromatic carbocycles. The summed E-state index contributed by atoms with van der Waals surface area (Å²) in [4.78, 5) is 5.56. The van der Waals surface area contributed by atoms with Crippen molar-refractivity contribution in [2.75, 3.05) is 9.80 Å². The van der Waals surface area contributed by atoms with E-state index in [-0.39, 0.29) is 39.2 Å². The van der Waals surface area contributed by atoms with E-state index in [0.29, 0.717) is 0 Å². The predicted octanol–water partition coefficient (Wildman–Crippen LogP) is 32.5. The fourth-order valence-electron chi connectivity index (χ4n) is 21.5. The third kappa shape index (κ3) is 13.7. The van der Waals surface area contributed by atoms with Crippen molar-refractivity contribution in [1.29, 1.82) is 0 Å². The maximum Gasteiger partial charge on any atom is 0.252 e. The molecule has 0 N–H and O–H groups in total. The Hall–Kier alpha value is -13.2. The lowest BCUT2D eigenvalue weighted by Crippen LogP contribution is -2.61. The third-order valence-corrected chi connectivity index (χ3v) is 28.8. The summed E-state index contributed by atoms with van der Waals surface area (Å²) in [5.41, 5.74) is 41.4. The molecule has 0 radical (unpaired) electrons. The van der Waals surface area contributed by atoms with Gasteiger partial charge < -0.3 is 18.8 Å². The van der Waals surface area contributed by atoms with Crippen molar-refractivity contribution >= 4 is 101 Å². The molecule has 0 saturated heterocycles. The smallest absolute Gasteiger partial charge is 0.252 e. The topological polar surface area (TPSA) is 24.6 Å². The van der Waals surface area contributed by atoms with Gasteiger partial charge in [0.05, 0.1) is 27.8 Å². The van der Waals surface area contributed by atoms with Gasteiger partial charge in [0.25, 0.3) is 6.71 Å². The van der Waals surface area contributed by atoms with E-state index >= 15 is 0 Å². The van der Waals surface area contributed by atoms with E-state index in [1.807, 2.05) is 0 Å². The van der Waals surface area contributed by atoms with E-state index < -0.39 is 10.8 Å². The predicted molar refractivity (Wildman–Crippen MR) is 557 cm³/mol. The average molecular weight is 1690 g/mol. The van der Waals surface area contributed by atoms with Gasteiger partial charge in [0.2, 0.25) is 0 Å². The summed E-state index contributed by atoms with van der Waals surface area (Å²) < 4.78 is 9.78. The molecule has 130 heavy (non-hydrogen) atoms. The summed E-state index contributed by atoms with van der Waals surface area (Å²) in [6, 6.07) is 131. The van der Waals surface area contributed by atoms with Crippen LogP contribution in [-0.2, 0) is 43.3 Å². The number of furan rings is 1. The van der Waals surface area contributed by atoms with Crippen LogP contribution in [0.2, 0.25) is 0 Å². The molecule has 0 fully saturated rings. The number of nitrogens with zero attached hydrogens (tertiary/aromatic N) is 3. The van der Waals surface area contributed by atoms with Gasteiger partial charge in [-0.2, -0.15) is 0 Å². The Bertz CT molecular complexity index is 7380. The van der Waals surface area contributed by atoms with E-state index in [1.165, 1.54) is 111 Å². The first kappa shape index (κ1) is 83.7. The largest absolute Gasteiger partial charge is 0.455 e. The number of benzene rings is 16. The third-order valence-electron chi connectivity index (χ3n) is 28.8. The van der Waals surface area contributed by atoms with E-state index in [9.17, 15) is 0 Å². The normalized spacial score (nSPS) is 13.9. The van der Waals surface area contributed by atoms with Crippen molar-refractivity contribution < 1.29 is 4.42 Å². The van der Waals surface area contributed by atoms with Crippen molar-refractivity contribution in [2.24, 2.45) is 0 Å². The lowest BCUT2D eigenvalue weighted by molar-refractivity contribution is 0.589. The SMILES string of the molecule is CC(C)(C)c1ccc(-c2cc(C(C)(C)C)cc(-c3ccc(C(C)(C)C)cc3)c2N2c3ccc(-c4cccc5c4oc4ccccc45)cc3B3c4ccc(-n5c6ccccc6c6cc7c(cc65)C(c5ccccc5)(c5ccccc5)c5ccccc5-7)cc4N(c4c(-c5ccc(C(C)(C)C)cc5)cc(C(C)(C)C)cc4-c4ccc(C(C)(C)C)cc4)c4cc(C(C)(C)C)cc2c43)cc1. The summed E-state index contributed by atoms with van der Waals surface area (Å²) in [7, 11) is 0. The molecule has 0 unspecified atom stereocenters. The van der Waals surface area contributed by atoms with Gasteiger partial charge in [0.1, 0.15) is 11.2 Å². The van der Waals surface area contributed by atoms with Crippen molar-refractivity contribution in [3.8, 4) is 72.4 Å². The average Bonchev–Trinajstić information content (AvgIpc) is 1.24. The summed E-state index contributed by atoms with van der Waals surface area (Å²) in [6.07, 6.45) is 0. The summed E-state index contributed by atoms with van der Waals surface area (Å²) in [6.45, 7) is 49.3. The summed E-state index contributed by atoms with van der Waals surface area (Å²) in [5, 5.41) is 4.61. The molecule has 0 atom stereocenters. The number of rotatable bonds is 10. The number of anilines is 6. The van der Waals surface area contributed by atoms with Crippen LogP contribution in [0.25, 0.3) is 116 Å². The molecule has 0 saturated carbocycles. The number of hydrogen-bond acceptors (Lipinski definition) is 3. The van der Waals surface area contributed by atoms with Crippen LogP contribution < -0.4 is 26.2 Å². The molecule has 1 aliphatic carbocycles. The Morgan fingerprint density at radius 3 is 1.14 bits per heavy atom. The van der Waals surface area contributed by atoms with Crippen molar-refractivity contribution in [1.82, 2.24) is 4.57 Å². The van der Waals surface area contributed by atoms with Gasteiger partial charge in [-0.05, 0) is 233 Å². The molecule has 0 amide bonds. The molecule has 21 rings (SSSR count). The van der Waals surface area contributed by atoms with Crippen LogP contribution in [-0.4, -0.2) is 11.3 Å². The van der Waals surface area contributed by atoms with E-state index in [1.54, 1.807) is 0 Å². The maximum absolute atomic E-state index is 7.16. The van der Waals surface area contributed by atoms with Gasteiger partial charge in [0.15, 0.2) is 0 Å². The van der Waals surface area contributed by atoms with E-state index in [0.717, 1.165) is 117 Å². The zero-order chi connectivity index (χ0) is 90.6. The van der Waals surface area contributed by atoms with Crippen LogP contribution in [0.15, 0.2) is 338 Å². The second-order valence-electron chi connectivity index (χ2n) is 44.5. The van der Waals surface area contributed by atoms with Crippen molar-refractivity contribution in [3.63, 3.8) is 0 Å². The van der Waals surface area contributed by atoms with Crippen LogP contribution >= 0.6 is 0 Å². The molecule has 2 aromatic heterocycles. The first-order chi connectivity index (χ1) is 61.9. The zero-order valence-corrected chi connectivity index (χ0v) is 79.6. The quantitative estimate of drug-likeness (QED) is 0.128. The molecule has 0 spiro atoms. The summed E-state index contributed by atoms with van der Waals surface area (Å²) >= 11 is 0. The summed E-state index contributed by atoms with van der Waals surface area (Å²) in [5.74, 6) is 0. The van der Waals surface area contributed by atoms with Gasteiger partial charge >= 0.3 is 0 Å². The van der Waals surface area contributed by atoms with Crippen LogP contribution in [0, 0.1) is 0 Å². The molecular weight excluding hydrogens is 1570 g/mol. The first-order valence-electron chi connectivity index (χ1n) is 47.0. The van der Waals surface area contributed by atoms with Crippen LogP contribution in [0.4, 0.5) is 34.1 Å². The minimum absolute atomic E-state index is 0.0808. The lowest BCUT2D eigenvalue weighted by Gasteiger charge is -2.47. The molecule has 0 bridgehead atoms. The number of para-hydroxylation sites is 3. The monoisotopic (exact) mass is 1690 g/mol. The Kier molecular flexibility index (Phi) is 19.3. The Morgan fingerprint density at radius 2 is 0.654 bits per heavy atom.